The van der Waals surface area contributed by atoms with Crippen molar-refractivity contribution < 1.29 is 4.92 Å². The number of rotatable bonds is 4. The first kappa shape index (κ1) is 13.4. The van der Waals surface area contributed by atoms with Crippen molar-refractivity contribution in [2.75, 3.05) is 5.73 Å². The standard InChI is InChI=1S/C14H16N4O3/c1-2-16-13(9-7-8-9)12(15)14(19)17(16)10-5-3-4-6-11(10)18(20)21/h3-6,9H,2,7-8,15H2,1H3. The summed E-state index contributed by atoms with van der Waals surface area (Å²) in [6.07, 6.45) is 2.01. The van der Waals surface area contributed by atoms with E-state index in [0.717, 1.165) is 18.5 Å². The molecule has 3 rings (SSSR count). The molecule has 110 valence electrons. The van der Waals surface area contributed by atoms with E-state index >= 15 is 0 Å². The summed E-state index contributed by atoms with van der Waals surface area (Å²) in [6.45, 7) is 2.43. The van der Waals surface area contributed by atoms with Crippen molar-refractivity contribution in [3.05, 3.63) is 50.4 Å². The van der Waals surface area contributed by atoms with E-state index in [4.69, 9.17) is 5.73 Å². The number of aromatic nitrogens is 2. The Labute approximate surface area is 120 Å². The lowest BCUT2D eigenvalue weighted by Gasteiger charge is -2.12. The van der Waals surface area contributed by atoms with Gasteiger partial charge in [-0.25, -0.2) is 4.68 Å². The van der Waals surface area contributed by atoms with E-state index in [-0.39, 0.29) is 22.6 Å². The molecule has 1 aromatic heterocycles. The first-order chi connectivity index (χ1) is 10.1. The van der Waals surface area contributed by atoms with Gasteiger partial charge in [-0.05, 0) is 25.8 Å². The maximum absolute atomic E-state index is 12.5. The smallest absolute Gasteiger partial charge is 0.295 e. The van der Waals surface area contributed by atoms with E-state index in [1.807, 2.05) is 6.92 Å². The van der Waals surface area contributed by atoms with Crippen molar-refractivity contribution in [1.29, 1.82) is 0 Å². The van der Waals surface area contributed by atoms with E-state index < -0.39 is 4.92 Å². The molecule has 1 aliphatic carbocycles. The van der Waals surface area contributed by atoms with Gasteiger partial charge in [0.2, 0.25) is 0 Å². The summed E-state index contributed by atoms with van der Waals surface area (Å²) in [4.78, 5) is 23.2. The molecule has 1 aliphatic rings. The average molecular weight is 288 g/mol. The van der Waals surface area contributed by atoms with Crippen LogP contribution in [0.4, 0.5) is 11.4 Å². The van der Waals surface area contributed by atoms with Crippen LogP contribution in [0.15, 0.2) is 29.1 Å². The normalized spacial score (nSPS) is 14.3. The molecular weight excluding hydrogens is 272 g/mol. The maximum Gasteiger partial charge on any atom is 0.295 e. The van der Waals surface area contributed by atoms with Crippen LogP contribution >= 0.6 is 0 Å². The van der Waals surface area contributed by atoms with Crippen LogP contribution in [0.25, 0.3) is 5.69 Å². The molecule has 7 heteroatoms. The van der Waals surface area contributed by atoms with Crippen LogP contribution in [0.1, 0.15) is 31.4 Å². The molecule has 1 heterocycles. The van der Waals surface area contributed by atoms with Crippen LogP contribution in [0.5, 0.6) is 0 Å². The molecule has 0 saturated heterocycles. The summed E-state index contributed by atoms with van der Waals surface area (Å²) in [7, 11) is 0. The number of anilines is 1. The number of hydrogen-bond donors (Lipinski definition) is 1. The molecule has 0 spiro atoms. The van der Waals surface area contributed by atoms with Gasteiger partial charge in [0.15, 0.2) is 0 Å². The monoisotopic (exact) mass is 288 g/mol. The predicted molar refractivity (Wildman–Crippen MR) is 78.7 cm³/mol. The Kier molecular flexibility index (Phi) is 3.04. The highest BCUT2D eigenvalue weighted by molar-refractivity contribution is 5.55. The van der Waals surface area contributed by atoms with Crippen molar-refractivity contribution in [2.24, 2.45) is 0 Å². The van der Waals surface area contributed by atoms with Gasteiger partial charge < -0.3 is 5.73 Å². The van der Waals surface area contributed by atoms with Crippen LogP contribution in [0.3, 0.4) is 0 Å². The Balaban J connectivity index is 2.31. The second-order valence-corrected chi connectivity index (χ2v) is 5.15. The topological polar surface area (TPSA) is 96.1 Å². The van der Waals surface area contributed by atoms with Crippen molar-refractivity contribution in [1.82, 2.24) is 9.36 Å². The van der Waals surface area contributed by atoms with Crippen LogP contribution < -0.4 is 11.3 Å². The second-order valence-electron chi connectivity index (χ2n) is 5.15. The molecule has 0 bridgehead atoms. The fraction of sp³-hybridized carbons (Fsp3) is 0.357. The molecule has 1 fully saturated rings. The molecule has 1 aromatic carbocycles. The van der Waals surface area contributed by atoms with Gasteiger partial charge in [0.25, 0.3) is 11.2 Å². The lowest BCUT2D eigenvalue weighted by Crippen LogP contribution is -2.23. The molecule has 0 unspecified atom stereocenters. The highest BCUT2D eigenvalue weighted by atomic mass is 16.6. The van der Waals surface area contributed by atoms with Crippen molar-refractivity contribution in [3.8, 4) is 5.69 Å². The average Bonchev–Trinajstić information content (AvgIpc) is 3.27. The van der Waals surface area contributed by atoms with Gasteiger partial charge in [0, 0.05) is 18.5 Å². The summed E-state index contributed by atoms with van der Waals surface area (Å²) in [5.74, 6) is 0.293. The Morgan fingerprint density at radius 2 is 2.05 bits per heavy atom. The van der Waals surface area contributed by atoms with Crippen LogP contribution in [0.2, 0.25) is 0 Å². The fourth-order valence-corrected chi connectivity index (χ4v) is 2.72. The summed E-state index contributed by atoms with van der Waals surface area (Å²) < 4.78 is 3.10. The Morgan fingerprint density at radius 1 is 1.38 bits per heavy atom. The van der Waals surface area contributed by atoms with Gasteiger partial charge in [0.05, 0.1) is 10.6 Å². The van der Waals surface area contributed by atoms with Crippen molar-refractivity contribution >= 4 is 11.4 Å². The lowest BCUT2D eigenvalue weighted by atomic mass is 10.2. The SMILES string of the molecule is CCn1c(C2CC2)c(N)c(=O)n1-c1ccccc1[N+](=O)[O-]. The van der Waals surface area contributed by atoms with Crippen molar-refractivity contribution in [2.45, 2.75) is 32.2 Å². The molecule has 2 aromatic rings. The van der Waals surface area contributed by atoms with E-state index in [2.05, 4.69) is 0 Å². The molecule has 2 N–H and O–H groups in total. The zero-order valence-electron chi connectivity index (χ0n) is 11.7. The number of nitro benzene ring substituents is 1. The Morgan fingerprint density at radius 3 is 2.62 bits per heavy atom. The van der Waals surface area contributed by atoms with Crippen LogP contribution in [-0.4, -0.2) is 14.3 Å². The Hall–Kier alpha value is -2.57. The minimum Gasteiger partial charge on any atom is -0.393 e. The summed E-state index contributed by atoms with van der Waals surface area (Å²) in [5, 5.41) is 11.2. The molecule has 0 atom stereocenters. The molecular formula is C14H16N4O3. The summed E-state index contributed by atoms with van der Waals surface area (Å²) >= 11 is 0. The molecule has 7 nitrogen and oxygen atoms in total. The number of benzene rings is 1. The lowest BCUT2D eigenvalue weighted by molar-refractivity contribution is -0.384. The third-order valence-electron chi connectivity index (χ3n) is 3.79. The fourth-order valence-electron chi connectivity index (χ4n) is 2.72. The number of para-hydroxylation sites is 2. The third-order valence-corrected chi connectivity index (χ3v) is 3.79. The largest absolute Gasteiger partial charge is 0.393 e. The number of nitro groups is 1. The molecule has 0 amide bonds. The second kappa shape index (κ2) is 4.76. The number of nitrogens with two attached hydrogens (primary N) is 1. The highest BCUT2D eigenvalue weighted by Gasteiger charge is 2.33. The Bertz CT molecular complexity index is 771. The maximum atomic E-state index is 12.5. The van der Waals surface area contributed by atoms with Gasteiger partial charge in [-0.3, -0.25) is 19.6 Å². The van der Waals surface area contributed by atoms with Crippen LogP contribution in [0, 0.1) is 10.1 Å². The number of hydrogen-bond acceptors (Lipinski definition) is 4. The van der Waals surface area contributed by atoms with Gasteiger partial charge in [-0.15, -0.1) is 0 Å². The first-order valence-corrected chi connectivity index (χ1v) is 6.91. The minimum atomic E-state index is -0.484. The highest BCUT2D eigenvalue weighted by Crippen LogP contribution is 2.42. The van der Waals surface area contributed by atoms with E-state index in [1.54, 1.807) is 22.9 Å². The third kappa shape index (κ3) is 2.01. The molecule has 1 saturated carbocycles. The quantitative estimate of drug-likeness (QED) is 0.687. The van der Waals surface area contributed by atoms with E-state index in [1.165, 1.54) is 10.7 Å². The van der Waals surface area contributed by atoms with Gasteiger partial charge in [-0.1, -0.05) is 12.1 Å². The molecule has 21 heavy (non-hydrogen) atoms. The van der Waals surface area contributed by atoms with Crippen LogP contribution in [-0.2, 0) is 6.54 Å². The van der Waals surface area contributed by atoms with Gasteiger partial charge in [-0.2, -0.15) is 0 Å². The summed E-state index contributed by atoms with van der Waals surface area (Å²) in [5.41, 5.74) is 6.75. The van der Waals surface area contributed by atoms with E-state index in [9.17, 15) is 14.9 Å². The number of nitrogen functional groups attached to an aromatic ring is 1. The summed E-state index contributed by atoms with van der Waals surface area (Å²) in [6, 6.07) is 6.22. The van der Waals surface area contributed by atoms with E-state index in [0.29, 0.717) is 12.5 Å². The first-order valence-electron chi connectivity index (χ1n) is 6.91. The minimum absolute atomic E-state index is 0.103. The van der Waals surface area contributed by atoms with Gasteiger partial charge in [0.1, 0.15) is 11.4 Å². The molecule has 0 radical (unpaired) electrons. The number of nitrogens with zero attached hydrogens (tertiary/aromatic N) is 3. The predicted octanol–water partition coefficient (Wildman–Crippen LogP) is 2.03. The zero-order valence-corrected chi connectivity index (χ0v) is 11.7. The molecule has 0 aliphatic heterocycles. The van der Waals surface area contributed by atoms with Gasteiger partial charge >= 0.3 is 0 Å². The van der Waals surface area contributed by atoms with Crippen molar-refractivity contribution in [3.63, 3.8) is 0 Å². The zero-order chi connectivity index (χ0) is 15.1.